The first kappa shape index (κ1) is 15.7. The number of rotatable bonds is 6. The minimum Gasteiger partial charge on any atom is -0.369 e. The molecule has 0 aliphatic rings. The molecule has 126 valence electrons. The van der Waals surface area contributed by atoms with Crippen molar-refractivity contribution in [3.63, 3.8) is 0 Å². The van der Waals surface area contributed by atoms with Gasteiger partial charge < -0.3 is 9.88 Å². The van der Waals surface area contributed by atoms with Crippen molar-refractivity contribution in [1.82, 2.24) is 19.5 Å². The van der Waals surface area contributed by atoms with E-state index >= 15 is 0 Å². The van der Waals surface area contributed by atoms with Gasteiger partial charge in [0.2, 0.25) is 0 Å². The summed E-state index contributed by atoms with van der Waals surface area (Å²) < 4.78 is 15.3. The molecular formula is C18H16FN5S. The number of fused-ring (bicyclic) bond motifs is 1. The second-order valence-electron chi connectivity index (χ2n) is 5.64. The van der Waals surface area contributed by atoms with E-state index in [-0.39, 0.29) is 5.82 Å². The van der Waals surface area contributed by atoms with Crippen LogP contribution in [0.4, 0.5) is 10.2 Å². The molecule has 1 N–H and O–H groups in total. The highest BCUT2D eigenvalue weighted by Gasteiger charge is 2.12. The van der Waals surface area contributed by atoms with E-state index in [0.29, 0.717) is 0 Å². The summed E-state index contributed by atoms with van der Waals surface area (Å²) in [6.07, 6.45) is 8.08. The smallest absolute Gasteiger partial charge is 0.138 e. The Bertz CT molecular complexity index is 963. The summed E-state index contributed by atoms with van der Waals surface area (Å²) in [6, 6.07) is 6.51. The van der Waals surface area contributed by atoms with Crippen LogP contribution in [0.15, 0.2) is 54.7 Å². The van der Waals surface area contributed by atoms with Crippen molar-refractivity contribution in [2.24, 2.45) is 0 Å². The second kappa shape index (κ2) is 6.98. The van der Waals surface area contributed by atoms with E-state index in [1.54, 1.807) is 36.0 Å². The molecule has 0 amide bonds. The van der Waals surface area contributed by atoms with Crippen molar-refractivity contribution >= 4 is 27.4 Å². The summed E-state index contributed by atoms with van der Waals surface area (Å²) in [7, 11) is 0. The number of halogens is 1. The largest absolute Gasteiger partial charge is 0.369 e. The van der Waals surface area contributed by atoms with Crippen molar-refractivity contribution in [3.8, 4) is 11.1 Å². The topological polar surface area (TPSA) is 55.6 Å². The maximum absolute atomic E-state index is 13.2. The zero-order chi connectivity index (χ0) is 17.1. The third kappa shape index (κ3) is 3.36. The molecular weight excluding hydrogens is 337 g/mol. The molecule has 5 nitrogen and oxygen atoms in total. The van der Waals surface area contributed by atoms with Crippen LogP contribution in [-0.2, 0) is 6.54 Å². The zero-order valence-corrected chi connectivity index (χ0v) is 14.2. The van der Waals surface area contributed by atoms with Crippen LogP contribution >= 0.6 is 11.3 Å². The van der Waals surface area contributed by atoms with Crippen molar-refractivity contribution in [2.45, 2.75) is 13.0 Å². The van der Waals surface area contributed by atoms with Crippen molar-refractivity contribution in [1.29, 1.82) is 0 Å². The molecule has 3 heterocycles. The first-order chi connectivity index (χ1) is 12.3. The first-order valence-electron chi connectivity index (χ1n) is 7.99. The summed E-state index contributed by atoms with van der Waals surface area (Å²) >= 11 is 1.57. The molecule has 4 rings (SSSR count). The predicted molar refractivity (Wildman–Crippen MR) is 98.1 cm³/mol. The Morgan fingerprint density at radius 2 is 2.04 bits per heavy atom. The average molecular weight is 353 g/mol. The van der Waals surface area contributed by atoms with Crippen LogP contribution in [0.25, 0.3) is 21.3 Å². The number of hydrogen-bond donors (Lipinski definition) is 1. The Labute approximate surface area is 148 Å². The lowest BCUT2D eigenvalue weighted by Crippen LogP contribution is -2.07. The van der Waals surface area contributed by atoms with E-state index < -0.39 is 0 Å². The summed E-state index contributed by atoms with van der Waals surface area (Å²) in [5.74, 6) is 0.577. The molecule has 0 aliphatic heterocycles. The van der Waals surface area contributed by atoms with E-state index in [0.717, 1.165) is 46.7 Å². The fourth-order valence-corrected chi connectivity index (χ4v) is 3.65. The lowest BCUT2D eigenvalue weighted by Gasteiger charge is -2.09. The van der Waals surface area contributed by atoms with Gasteiger partial charge in [-0.15, -0.1) is 11.3 Å². The van der Waals surface area contributed by atoms with Gasteiger partial charge in [0, 0.05) is 36.4 Å². The number of nitrogens with one attached hydrogen (secondary N) is 1. The van der Waals surface area contributed by atoms with Gasteiger partial charge >= 0.3 is 0 Å². The second-order valence-corrected chi connectivity index (χ2v) is 6.50. The fraction of sp³-hybridized carbons (Fsp3) is 0.167. The number of anilines is 1. The highest BCUT2D eigenvalue weighted by molar-refractivity contribution is 7.17. The van der Waals surface area contributed by atoms with Gasteiger partial charge in [-0.05, 0) is 24.1 Å². The maximum atomic E-state index is 13.2. The van der Waals surface area contributed by atoms with E-state index in [1.165, 1.54) is 12.1 Å². The summed E-state index contributed by atoms with van der Waals surface area (Å²) in [4.78, 5) is 13.7. The molecule has 0 radical (unpaired) electrons. The molecule has 0 aliphatic carbocycles. The number of hydrogen-bond acceptors (Lipinski definition) is 5. The van der Waals surface area contributed by atoms with Gasteiger partial charge in [-0.25, -0.2) is 19.3 Å². The summed E-state index contributed by atoms with van der Waals surface area (Å²) in [5.41, 5.74) is 1.99. The molecule has 0 unspecified atom stereocenters. The molecule has 7 heteroatoms. The van der Waals surface area contributed by atoms with E-state index in [2.05, 4.69) is 20.3 Å². The molecule has 0 saturated heterocycles. The fourth-order valence-electron chi connectivity index (χ4n) is 2.74. The molecule has 25 heavy (non-hydrogen) atoms. The highest BCUT2D eigenvalue weighted by atomic mass is 32.1. The van der Waals surface area contributed by atoms with Crippen LogP contribution in [0.2, 0.25) is 0 Å². The molecule has 4 aromatic rings. The third-order valence-electron chi connectivity index (χ3n) is 3.97. The van der Waals surface area contributed by atoms with E-state index in [1.807, 2.05) is 22.5 Å². The van der Waals surface area contributed by atoms with E-state index in [9.17, 15) is 4.39 Å². The Balaban J connectivity index is 1.56. The van der Waals surface area contributed by atoms with Gasteiger partial charge in [0.1, 0.15) is 22.8 Å². The number of nitrogens with zero attached hydrogens (tertiary/aromatic N) is 4. The van der Waals surface area contributed by atoms with Crippen LogP contribution in [-0.4, -0.2) is 26.1 Å². The molecule has 0 fully saturated rings. The molecule has 3 aromatic heterocycles. The number of aromatic nitrogens is 4. The van der Waals surface area contributed by atoms with Crippen LogP contribution in [0.5, 0.6) is 0 Å². The van der Waals surface area contributed by atoms with Crippen molar-refractivity contribution in [2.75, 3.05) is 11.9 Å². The number of imidazole rings is 1. The van der Waals surface area contributed by atoms with Gasteiger partial charge in [0.25, 0.3) is 0 Å². The minimum absolute atomic E-state index is 0.239. The van der Waals surface area contributed by atoms with Gasteiger partial charge in [0.05, 0.1) is 11.7 Å². The van der Waals surface area contributed by atoms with Gasteiger partial charge in [-0.2, -0.15) is 0 Å². The van der Waals surface area contributed by atoms with Crippen molar-refractivity contribution in [3.05, 3.63) is 60.5 Å². The SMILES string of the molecule is Fc1ccc(-c2csc3ncnc(NCCCn4ccnc4)c23)cc1. The molecule has 1 aromatic carbocycles. The molecule has 0 spiro atoms. The molecule has 0 atom stereocenters. The zero-order valence-electron chi connectivity index (χ0n) is 13.4. The number of thiophene rings is 1. The van der Waals surface area contributed by atoms with Crippen LogP contribution in [0.1, 0.15) is 6.42 Å². The quantitative estimate of drug-likeness (QED) is 0.528. The van der Waals surface area contributed by atoms with Gasteiger partial charge in [-0.1, -0.05) is 12.1 Å². The summed E-state index contributed by atoms with van der Waals surface area (Å²) in [5, 5.41) is 6.44. The standard InChI is InChI=1S/C18H16FN5S/c19-14-4-2-13(3-5-14)15-10-25-18-16(15)17(22-11-23-18)21-6-1-8-24-9-7-20-12-24/h2-5,7,9-12H,1,6,8H2,(H,21,22,23). The normalized spacial score (nSPS) is 11.1. The summed E-state index contributed by atoms with van der Waals surface area (Å²) in [6.45, 7) is 1.69. The van der Waals surface area contributed by atoms with Crippen LogP contribution in [0, 0.1) is 5.82 Å². The Morgan fingerprint density at radius 1 is 1.16 bits per heavy atom. The van der Waals surface area contributed by atoms with Crippen LogP contribution < -0.4 is 5.32 Å². The minimum atomic E-state index is -0.239. The predicted octanol–water partition coefficient (Wildman–Crippen LogP) is 4.20. The van der Waals surface area contributed by atoms with Gasteiger partial charge in [-0.3, -0.25) is 0 Å². The molecule has 0 bridgehead atoms. The van der Waals surface area contributed by atoms with Crippen LogP contribution in [0.3, 0.4) is 0 Å². The lowest BCUT2D eigenvalue weighted by molar-refractivity contribution is 0.628. The Kier molecular flexibility index (Phi) is 4.39. The van der Waals surface area contributed by atoms with Crippen molar-refractivity contribution < 1.29 is 4.39 Å². The van der Waals surface area contributed by atoms with Gasteiger partial charge in [0.15, 0.2) is 0 Å². The monoisotopic (exact) mass is 353 g/mol. The molecule has 0 saturated carbocycles. The highest BCUT2D eigenvalue weighted by Crippen LogP contribution is 2.36. The van der Waals surface area contributed by atoms with E-state index in [4.69, 9.17) is 0 Å². The number of benzene rings is 1. The Hall–Kier alpha value is -2.80. The lowest BCUT2D eigenvalue weighted by atomic mass is 10.1. The third-order valence-corrected chi connectivity index (χ3v) is 4.86. The number of aryl methyl sites for hydroxylation is 1. The first-order valence-corrected chi connectivity index (χ1v) is 8.87. The maximum Gasteiger partial charge on any atom is 0.138 e. The Morgan fingerprint density at radius 3 is 2.84 bits per heavy atom. The average Bonchev–Trinajstić information content (AvgIpc) is 3.29.